The predicted molar refractivity (Wildman–Crippen MR) is 102 cm³/mol. The third-order valence-electron chi connectivity index (χ3n) is 4.18. The molecule has 0 aliphatic heterocycles. The lowest BCUT2D eigenvalue weighted by Gasteiger charge is -2.22. The highest BCUT2D eigenvalue weighted by Gasteiger charge is 2.20. The number of hydrogen-bond donors (Lipinski definition) is 3. The van der Waals surface area contributed by atoms with E-state index in [4.69, 9.17) is 9.84 Å². The molecule has 0 spiro atoms. The molecule has 0 aliphatic carbocycles. The zero-order valence-electron chi connectivity index (χ0n) is 15.1. The number of carbonyl (C=O) groups excluding carboxylic acids is 2. The van der Waals surface area contributed by atoms with Gasteiger partial charge in [0.15, 0.2) is 5.78 Å². The minimum absolute atomic E-state index is 0.146. The number of methoxy groups -OCH3 is 1. The summed E-state index contributed by atoms with van der Waals surface area (Å²) in [4.78, 5) is 34.9. The fraction of sp³-hybridized carbons (Fsp3) is 0.250. The maximum atomic E-state index is 12.9. The lowest BCUT2D eigenvalue weighted by Crippen LogP contribution is -2.44. The van der Waals surface area contributed by atoms with Crippen LogP contribution in [0.2, 0.25) is 0 Å². The highest BCUT2D eigenvalue weighted by Crippen LogP contribution is 2.25. The Hall–Kier alpha value is -3.35. The van der Waals surface area contributed by atoms with Crippen LogP contribution in [0.15, 0.2) is 48.5 Å². The zero-order valence-corrected chi connectivity index (χ0v) is 15.1. The first-order chi connectivity index (χ1) is 13.0. The van der Waals surface area contributed by atoms with Crippen molar-refractivity contribution in [3.63, 3.8) is 0 Å². The van der Waals surface area contributed by atoms with E-state index in [9.17, 15) is 14.4 Å². The van der Waals surface area contributed by atoms with E-state index in [1.807, 2.05) is 6.07 Å². The molecule has 0 aliphatic rings. The van der Waals surface area contributed by atoms with E-state index in [1.54, 1.807) is 49.4 Å². The number of hydrogen-bond acceptors (Lipinski definition) is 5. The molecule has 0 fully saturated rings. The first kappa shape index (κ1) is 20.0. The van der Waals surface area contributed by atoms with Crippen LogP contribution in [-0.2, 0) is 4.79 Å². The second-order valence-electron chi connectivity index (χ2n) is 6.04. The monoisotopic (exact) mass is 370 g/mol. The SMILES string of the molecule is COc1ccc(NCC(NC(=O)O)[C@H](C)C=O)c(C(=O)c2ccccc2)c1. The van der Waals surface area contributed by atoms with Gasteiger partial charge in [-0.1, -0.05) is 37.3 Å². The number of aldehydes is 1. The van der Waals surface area contributed by atoms with Crippen molar-refractivity contribution in [1.82, 2.24) is 5.32 Å². The van der Waals surface area contributed by atoms with E-state index < -0.39 is 18.1 Å². The number of rotatable bonds is 9. The van der Waals surface area contributed by atoms with Crippen LogP contribution < -0.4 is 15.4 Å². The van der Waals surface area contributed by atoms with Crippen molar-refractivity contribution in [2.75, 3.05) is 19.0 Å². The van der Waals surface area contributed by atoms with Gasteiger partial charge in [-0.2, -0.15) is 0 Å². The fourth-order valence-corrected chi connectivity index (χ4v) is 2.58. The number of carbonyl (C=O) groups is 3. The molecular weight excluding hydrogens is 348 g/mol. The maximum absolute atomic E-state index is 12.9. The van der Waals surface area contributed by atoms with Crippen molar-refractivity contribution < 1.29 is 24.2 Å². The highest BCUT2D eigenvalue weighted by atomic mass is 16.5. The minimum atomic E-state index is -1.22. The summed E-state index contributed by atoms with van der Waals surface area (Å²) in [6.45, 7) is 1.77. The molecule has 0 saturated heterocycles. The van der Waals surface area contributed by atoms with Crippen molar-refractivity contribution in [3.05, 3.63) is 59.7 Å². The third-order valence-corrected chi connectivity index (χ3v) is 4.18. The van der Waals surface area contributed by atoms with E-state index in [1.165, 1.54) is 7.11 Å². The molecule has 1 amide bonds. The standard InChI is InChI=1S/C20H22N2O5/c1-13(12-23)18(22-20(25)26)11-21-17-9-8-15(27-2)10-16(17)19(24)14-6-4-3-5-7-14/h3-10,12-13,18,21-22H,11H2,1-2H3,(H,25,26)/t13-,18?/m1/s1. The second-order valence-corrected chi connectivity index (χ2v) is 6.04. The zero-order chi connectivity index (χ0) is 19.8. The van der Waals surface area contributed by atoms with Crippen LogP contribution in [0.5, 0.6) is 5.75 Å². The Kier molecular flexibility index (Phi) is 6.93. The van der Waals surface area contributed by atoms with Crippen LogP contribution in [0, 0.1) is 5.92 Å². The van der Waals surface area contributed by atoms with Gasteiger partial charge in [-0.05, 0) is 18.2 Å². The normalized spacial score (nSPS) is 12.5. The summed E-state index contributed by atoms with van der Waals surface area (Å²) in [6.07, 6.45) is -0.530. The summed E-state index contributed by atoms with van der Waals surface area (Å²) in [5.41, 5.74) is 1.45. The summed E-state index contributed by atoms with van der Waals surface area (Å²) in [5, 5.41) is 14.4. The Morgan fingerprint density at radius 1 is 1.19 bits per heavy atom. The van der Waals surface area contributed by atoms with Gasteiger partial charge in [-0.25, -0.2) is 4.79 Å². The molecule has 2 atom stereocenters. The first-order valence-corrected chi connectivity index (χ1v) is 8.42. The van der Waals surface area contributed by atoms with Gasteiger partial charge in [-0.15, -0.1) is 0 Å². The van der Waals surface area contributed by atoms with Crippen LogP contribution in [0.25, 0.3) is 0 Å². The summed E-state index contributed by atoms with van der Waals surface area (Å²) in [6, 6.07) is 13.2. The van der Waals surface area contributed by atoms with Gasteiger partial charge in [0.05, 0.1) is 13.2 Å². The molecule has 2 rings (SSSR count). The second kappa shape index (κ2) is 9.38. The Bertz CT molecular complexity index is 807. The van der Waals surface area contributed by atoms with Gasteiger partial charge in [0.2, 0.25) is 0 Å². The van der Waals surface area contributed by atoms with Gasteiger partial charge in [0, 0.05) is 29.3 Å². The Morgan fingerprint density at radius 3 is 2.48 bits per heavy atom. The summed E-state index contributed by atoms with van der Waals surface area (Å²) in [7, 11) is 1.51. The van der Waals surface area contributed by atoms with E-state index in [-0.39, 0.29) is 12.3 Å². The molecule has 142 valence electrons. The van der Waals surface area contributed by atoms with Crippen molar-refractivity contribution in [2.45, 2.75) is 13.0 Å². The molecule has 0 saturated carbocycles. The average Bonchev–Trinajstić information content (AvgIpc) is 2.70. The lowest BCUT2D eigenvalue weighted by molar-refractivity contribution is -0.111. The molecule has 1 unspecified atom stereocenters. The third kappa shape index (κ3) is 5.31. The number of benzene rings is 2. The molecule has 27 heavy (non-hydrogen) atoms. The van der Waals surface area contributed by atoms with Gasteiger partial charge < -0.3 is 25.3 Å². The Labute approximate surface area is 157 Å². The van der Waals surface area contributed by atoms with Crippen LogP contribution in [-0.4, -0.2) is 43.0 Å². The predicted octanol–water partition coefficient (Wildman–Crippen LogP) is 2.81. The van der Waals surface area contributed by atoms with E-state index in [2.05, 4.69) is 10.6 Å². The molecule has 0 radical (unpaired) electrons. The number of nitrogens with one attached hydrogen (secondary N) is 2. The number of ether oxygens (including phenoxy) is 1. The molecular formula is C20H22N2O5. The van der Waals surface area contributed by atoms with Gasteiger partial charge in [0.25, 0.3) is 0 Å². The first-order valence-electron chi connectivity index (χ1n) is 8.42. The van der Waals surface area contributed by atoms with Crippen molar-refractivity contribution in [1.29, 1.82) is 0 Å². The van der Waals surface area contributed by atoms with E-state index in [0.717, 1.165) is 0 Å². The van der Waals surface area contributed by atoms with E-state index >= 15 is 0 Å². The molecule has 2 aromatic rings. The molecule has 0 heterocycles. The number of carboxylic acid groups (broad SMARTS) is 1. The molecule has 7 nitrogen and oxygen atoms in total. The largest absolute Gasteiger partial charge is 0.497 e. The molecule has 0 bridgehead atoms. The number of anilines is 1. The highest BCUT2D eigenvalue weighted by molar-refractivity contribution is 6.12. The number of amides is 1. The van der Waals surface area contributed by atoms with E-state index in [0.29, 0.717) is 28.8 Å². The van der Waals surface area contributed by atoms with Crippen LogP contribution in [0.3, 0.4) is 0 Å². The minimum Gasteiger partial charge on any atom is -0.497 e. The topological polar surface area (TPSA) is 105 Å². The average molecular weight is 370 g/mol. The molecule has 0 aromatic heterocycles. The number of ketones is 1. The fourth-order valence-electron chi connectivity index (χ4n) is 2.58. The smallest absolute Gasteiger partial charge is 0.404 e. The molecule has 2 aromatic carbocycles. The van der Waals surface area contributed by atoms with Crippen LogP contribution in [0.4, 0.5) is 10.5 Å². The van der Waals surface area contributed by atoms with Gasteiger partial charge in [-0.3, -0.25) is 4.79 Å². The Balaban J connectivity index is 2.29. The van der Waals surface area contributed by atoms with Gasteiger partial charge >= 0.3 is 6.09 Å². The molecule has 3 N–H and O–H groups in total. The van der Waals surface area contributed by atoms with Crippen LogP contribution in [0.1, 0.15) is 22.8 Å². The summed E-state index contributed by atoms with van der Waals surface area (Å²) in [5.74, 6) is -0.190. The summed E-state index contributed by atoms with van der Waals surface area (Å²) < 4.78 is 5.21. The van der Waals surface area contributed by atoms with Crippen molar-refractivity contribution >= 4 is 23.9 Å². The molecule has 7 heteroatoms. The lowest BCUT2D eigenvalue weighted by atomic mass is 10.00. The van der Waals surface area contributed by atoms with Crippen molar-refractivity contribution in [3.8, 4) is 5.75 Å². The quantitative estimate of drug-likeness (QED) is 0.463. The van der Waals surface area contributed by atoms with Crippen molar-refractivity contribution in [2.24, 2.45) is 5.92 Å². The van der Waals surface area contributed by atoms with Gasteiger partial charge in [0.1, 0.15) is 12.0 Å². The van der Waals surface area contributed by atoms with Crippen LogP contribution >= 0.6 is 0 Å². The Morgan fingerprint density at radius 2 is 1.89 bits per heavy atom. The summed E-state index contributed by atoms with van der Waals surface area (Å²) >= 11 is 0. The maximum Gasteiger partial charge on any atom is 0.404 e.